The highest BCUT2D eigenvalue weighted by atomic mass is 32.2. The van der Waals surface area contributed by atoms with Crippen LogP contribution in [0.1, 0.15) is 12.0 Å². The van der Waals surface area contributed by atoms with E-state index in [0.717, 1.165) is 22.2 Å². The Morgan fingerprint density at radius 2 is 1.97 bits per heavy atom. The lowest BCUT2D eigenvalue weighted by Gasteiger charge is -2.14. The summed E-state index contributed by atoms with van der Waals surface area (Å²) in [5.74, 6) is 0.104. The molecule has 3 aromatic rings. The van der Waals surface area contributed by atoms with E-state index in [1.165, 1.54) is 0 Å². The van der Waals surface area contributed by atoms with Gasteiger partial charge in [0.1, 0.15) is 24.9 Å². The SMILES string of the molecule is CSCC[C@H](NC(=O)Cn1ccc2cc(OCc3ccccc3)ccc21)C(=O)O. The Hall–Kier alpha value is -2.93. The molecule has 3 rings (SSSR count). The Labute approximate surface area is 173 Å². The second-order valence-corrected chi connectivity index (χ2v) is 7.66. The molecule has 0 saturated heterocycles. The number of benzene rings is 2. The van der Waals surface area contributed by atoms with Crippen molar-refractivity contribution in [3.63, 3.8) is 0 Å². The number of rotatable bonds is 10. The third kappa shape index (κ3) is 5.77. The first-order valence-corrected chi connectivity index (χ1v) is 10.7. The van der Waals surface area contributed by atoms with E-state index in [2.05, 4.69) is 5.32 Å². The molecule has 0 fully saturated rings. The molecule has 1 amide bonds. The molecule has 1 aromatic heterocycles. The highest BCUT2D eigenvalue weighted by molar-refractivity contribution is 7.98. The number of carbonyl (C=O) groups is 2. The zero-order valence-corrected chi connectivity index (χ0v) is 17.0. The number of fused-ring (bicyclic) bond motifs is 1. The minimum Gasteiger partial charge on any atom is -0.489 e. The van der Waals surface area contributed by atoms with Crippen molar-refractivity contribution < 1.29 is 19.4 Å². The zero-order valence-electron chi connectivity index (χ0n) is 16.2. The van der Waals surface area contributed by atoms with Gasteiger partial charge in [-0.05, 0) is 48.3 Å². The van der Waals surface area contributed by atoms with Crippen LogP contribution >= 0.6 is 11.8 Å². The molecule has 0 aliphatic carbocycles. The lowest BCUT2D eigenvalue weighted by molar-refractivity contribution is -0.141. The smallest absolute Gasteiger partial charge is 0.326 e. The number of aromatic nitrogens is 1. The summed E-state index contributed by atoms with van der Waals surface area (Å²) < 4.78 is 7.66. The molecule has 6 nitrogen and oxygen atoms in total. The molecule has 0 saturated carbocycles. The minimum atomic E-state index is -1.01. The molecule has 2 N–H and O–H groups in total. The fourth-order valence-corrected chi connectivity index (χ4v) is 3.51. The predicted molar refractivity (Wildman–Crippen MR) is 115 cm³/mol. The molecule has 0 unspecified atom stereocenters. The third-order valence-corrected chi connectivity index (χ3v) is 5.19. The summed E-state index contributed by atoms with van der Waals surface area (Å²) in [6.45, 7) is 0.554. The van der Waals surface area contributed by atoms with E-state index in [-0.39, 0.29) is 12.5 Å². The van der Waals surface area contributed by atoms with E-state index in [9.17, 15) is 14.7 Å². The number of hydrogen-bond donors (Lipinski definition) is 2. The van der Waals surface area contributed by atoms with E-state index < -0.39 is 12.0 Å². The van der Waals surface area contributed by atoms with Crippen molar-refractivity contribution in [2.45, 2.75) is 25.6 Å². The van der Waals surface area contributed by atoms with Crippen LogP contribution in [0, 0.1) is 0 Å². The number of carboxylic acids is 1. The number of thioether (sulfide) groups is 1. The highest BCUT2D eigenvalue weighted by Gasteiger charge is 2.19. The molecular weight excluding hydrogens is 388 g/mol. The lowest BCUT2D eigenvalue weighted by Crippen LogP contribution is -2.42. The molecule has 1 atom stereocenters. The van der Waals surface area contributed by atoms with Crippen LogP contribution in [0.3, 0.4) is 0 Å². The van der Waals surface area contributed by atoms with E-state index in [0.29, 0.717) is 18.8 Å². The number of carboxylic acid groups (broad SMARTS) is 1. The van der Waals surface area contributed by atoms with Crippen LogP contribution in [0.2, 0.25) is 0 Å². The molecule has 2 aromatic carbocycles. The first-order chi connectivity index (χ1) is 14.1. The van der Waals surface area contributed by atoms with Crippen LogP contribution in [0.25, 0.3) is 10.9 Å². The van der Waals surface area contributed by atoms with Gasteiger partial charge < -0.3 is 19.7 Å². The minimum absolute atomic E-state index is 0.0662. The van der Waals surface area contributed by atoms with Gasteiger partial charge in [-0.3, -0.25) is 4.79 Å². The van der Waals surface area contributed by atoms with Gasteiger partial charge in [-0.25, -0.2) is 4.79 Å². The van der Waals surface area contributed by atoms with Crippen LogP contribution in [-0.4, -0.2) is 39.6 Å². The molecule has 0 aliphatic rings. The maximum Gasteiger partial charge on any atom is 0.326 e. The highest BCUT2D eigenvalue weighted by Crippen LogP contribution is 2.23. The molecular formula is C22H24N2O4S. The molecule has 0 spiro atoms. The van der Waals surface area contributed by atoms with Crippen molar-refractivity contribution in [2.24, 2.45) is 0 Å². The van der Waals surface area contributed by atoms with Crippen LogP contribution in [0.15, 0.2) is 60.8 Å². The van der Waals surface area contributed by atoms with Crippen molar-refractivity contribution in [1.29, 1.82) is 0 Å². The largest absolute Gasteiger partial charge is 0.489 e. The van der Waals surface area contributed by atoms with Crippen molar-refractivity contribution in [1.82, 2.24) is 9.88 Å². The normalized spacial score (nSPS) is 11.9. The summed E-state index contributed by atoms with van der Waals surface area (Å²) >= 11 is 1.55. The number of nitrogens with zero attached hydrogens (tertiary/aromatic N) is 1. The van der Waals surface area contributed by atoms with Gasteiger partial charge in [0.2, 0.25) is 5.91 Å². The topological polar surface area (TPSA) is 80.6 Å². The first-order valence-electron chi connectivity index (χ1n) is 9.33. The van der Waals surface area contributed by atoms with Gasteiger partial charge in [0.15, 0.2) is 0 Å². The van der Waals surface area contributed by atoms with Gasteiger partial charge in [-0.15, -0.1) is 0 Å². The second-order valence-electron chi connectivity index (χ2n) is 6.68. The van der Waals surface area contributed by atoms with Gasteiger partial charge in [-0.1, -0.05) is 30.3 Å². The molecule has 0 bridgehead atoms. The van der Waals surface area contributed by atoms with Crippen molar-refractivity contribution in [2.75, 3.05) is 12.0 Å². The summed E-state index contributed by atoms with van der Waals surface area (Å²) in [6.07, 6.45) is 4.13. The Kier molecular flexibility index (Phi) is 7.19. The van der Waals surface area contributed by atoms with Crippen LogP contribution in [0.5, 0.6) is 5.75 Å². The summed E-state index contributed by atoms with van der Waals surface area (Å²) in [5, 5.41) is 12.8. The van der Waals surface area contributed by atoms with Gasteiger partial charge >= 0.3 is 5.97 Å². The van der Waals surface area contributed by atoms with Gasteiger partial charge in [0, 0.05) is 17.1 Å². The monoisotopic (exact) mass is 412 g/mol. The maximum absolute atomic E-state index is 12.3. The molecule has 7 heteroatoms. The third-order valence-electron chi connectivity index (χ3n) is 4.55. The fraction of sp³-hybridized carbons (Fsp3) is 0.273. The predicted octanol–water partition coefficient (Wildman–Crippen LogP) is 3.54. The van der Waals surface area contributed by atoms with Crippen LogP contribution in [0.4, 0.5) is 0 Å². The molecule has 0 aliphatic heterocycles. The summed E-state index contributed by atoms with van der Waals surface area (Å²) in [7, 11) is 0. The summed E-state index contributed by atoms with van der Waals surface area (Å²) in [6, 6.07) is 16.7. The van der Waals surface area contributed by atoms with Crippen molar-refractivity contribution >= 4 is 34.5 Å². The molecule has 1 heterocycles. The average molecular weight is 413 g/mol. The molecule has 152 valence electrons. The number of hydrogen-bond acceptors (Lipinski definition) is 4. The number of carbonyl (C=O) groups excluding carboxylic acids is 1. The summed E-state index contributed by atoms with van der Waals surface area (Å²) in [5.41, 5.74) is 1.99. The van der Waals surface area contributed by atoms with E-state index in [1.54, 1.807) is 16.3 Å². The fourth-order valence-electron chi connectivity index (χ4n) is 3.03. The lowest BCUT2D eigenvalue weighted by atomic mass is 10.2. The Bertz CT molecular complexity index is 971. The maximum atomic E-state index is 12.3. The van der Waals surface area contributed by atoms with Crippen molar-refractivity contribution in [3.8, 4) is 5.75 Å². The van der Waals surface area contributed by atoms with Gasteiger partial charge in [0.05, 0.1) is 0 Å². The molecule has 29 heavy (non-hydrogen) atoms. The number of aliphatic carboxylic acids is 1. The average Bonchev–Trinajstić information content (AvgIpc) is 3.12. The quantitative estimate of drug-likeness (QED) is 0.532. The van der Waals surface area contributed by atoms with Crippen LogP contribution in [-0.2, 0) is 22.7 Å². The number of ether oxygens (including phenoxy) is 1. The van der Waals surface area contributed by atoms with Crippen LogP contribution < -0.4 is 10.1 Å². The van der Waals surface area contributed by atoms with Crippen molar-refractivity contribution in [3.05, 3.63) is 66.4 Å². The number of amides is 1. The van der Waals surface area contributed by atoms with E-state index in [4.69, 9.17) is 4.74 Å². The van der Waals surface area contributed by atoms with Gasteiger partial charge in [-0.2, -0.15) is 11.8 Å². The zero-order chi connectivity index (χ0) is 20.6. The number of nitrogens with one attached hydrogen (secondary N) is 1. The Morgan fingerprint density at radius 3 is 2.69 bits per heavy atom. The van der Waals surface area contributed by atoms with Gasteiger partial charge in [0.25, 0.3) is 0 Å². The Balaban J connectivity index is 1.63. The first kappa shape index (κ1) is 20.8. The van der Waals surface area contributed by atoms with E-state index in [1.807, 2.05) is 67.0 Å². The second kappa shape index (κ2) is 10.0. The standard InChI is InChI=1S/C22H24N2O4S/c1-29-12-10-19(22(26)27)23-21(25)14-24-11-9-17-13-18(7-8-20(17)24)28-15-16-5-3-2-4-6-16/h2-9,11,13,19H,10,12,14-15H2,1H3,(H,23,25)(H,26,27)/t19-/m0/s1. The van der Waals surface area contributed by atoms with E-state index >= 15 is 0 Å². The Morgan fingerprint density at radius 1 is 1.17 bits per heavy atom. The summed E-state index contributed by atoms with van der Waals surface area (Å²) in [4.78, 5) is 23.6. The molecule has 0 radical (unpaired) electrons.